The van der Waals surface area contributed by atoms with E-state index in [-0.39, 0.29) is 11.9 Å². The highest BCUT2D eigenvalue weighted by Gasteiger charge is 2.24. The van der Waals surface area contributed by atoms with Gasteiger partial charge in [-0.05, 0) is 45.2 Å². The summed E-state index contributed by atoms with van der Waals surface area (Å²) in [5.41, 5.74) is 2.55. The Bertz CT molecular complexity index is 395. The van der Waals surface area contributed by atoms with Crippen molar-refractivity contribution >= 4 is 21.8 Å². The molecule has 0 aliphatic heterocycles. The molecule has 1 aromatic rings. The molecule has 0 aromatic heterocycles. The van der Waals surface area contributed by atoms with Gasteiger partial charge in [-0.3, -0.25) is 4.79 Å². The molecule has 1 N–H and O–H groups in total. The molecule has 0 saturated carbocycles. The van der Waals surface area contributed by atoms with Gasteiger partial charge in [-0.1, -0.05) is 40.2 Å². The number of nitrogens with one attached hydrogen (secondary N) is 1. The summed E-state index contributed by atoms with van der Waals surface area (Å²) in [4.78, 5) is 11.8. The van der Waals surface area contributed by atoms with Gasteiger partial charge in [0, 0.05) is 6.04 Å². The first-order chi connectivity index (χ1) is 7.80. The monoisotopic (exact) mass is 297 g/mol. The Labute approximate surface area is 112 Å². The van der Waals surface area contributed by atoms with E-state index in [1.165, 1.54) is 11.1 Å². The van der Waals surface area contributed by atoms with Crippen LogP contribution in [0.1, 0.15) is 31.9 Å². The highest BCUT2D eigenvalue weighted by molar-refractivity contribution is 9.10. The minimum Gasteiger partial charge on any atom is -0.352 e. The van der Waals surface area contributed by atoms with Crippen LogP contribution >= 0.6 is 15.9 Å². The van der Waals surface area contributed by atoms with Gasteiger partial charge in [-0.2, -0.15) is 0 Å². The largest absolute Gasteiger partial charge is 0.352 e. The first-order valence-corrected chi connectivity index (χ1v) is 6.64. The minimum absolute atomic E-state index is 0.0265. The van der Waals surface area contributed by atoms with Gasteiger partial charge in [-0.15, -0.1) is 0 Å². The topological polar surface area (TPSA) is 29.1 Å². The second kappa shape index (κ2) is 5.67. The Morgan fingerprint density at radius 2 is 2.00 bits per heavy atom. The average molecular weight is 298 g/mol. The fourth-order valence-corrected chi connectivity index (χ4v) is 1.73. The Hall–Kier alpha value is -0.830. The van der Waals surface area contributed by atoms with Gasteiger partial charge in [0.25, 0.3) is 0 Å². The van der Waals surface area contributed by atoms with Gasteiger partial charge in [-0.25, -0.2) is 0 Å². The average Bonchev–Trinajstić information content (AvgIpc) is 2.20. The number of carbonyl (C=O) groups excluding carboxylic acids is 1. The molecule has 0 fully saturated rings. The van der Waals surface area contributed by atoms with Crippen molar-refractivity contribution < 1.29 is 4.79 Å². The fourth-order valence-electron chi connectivity index (χ4n) is 1.62. The maximum Gasteiger partial charge on any atom is 0.236 e. The van der Waals surface area contributed by atoms with Gasteiger partial charge in [0.1, 0.15) is 0 Å². The van der Waals surface area contributed by atoms with Crippen LogP contribution in [-0.2, 0) is 11.2 Å². The van der Waals surface area contributed by atoms with Crippen LogP contribution in [0.4, 0.5) is 0 Å². The third kappa shape index (κ3) is 4.50. The van der Waals surface area contributed by atoms with Gasteiger partial charge in [0.2, 0.25) is 5.91 Å². The normalized spacial score (nSPS) is 13.2. The van der Waals surface area contributed by atoms with Crippen molar-refractivity contribution in [3.8, 4) is 0 Å². The zero-order chi connectivity index (χ0) is 13.1. The highest BCUT2D eigenvalue weighted by atomic mass is 79.9. The van der Waals surface area contributed by atoms with E-state index in [1.807, 2.05) is 32.9 Å². The summed E-state index contributed by atoms with van der Waals surface area (Å²) in [7, 11) is 0. The molecule has 94 valence electrons. The minimum atomic E-state index is -0.507. The lowest BCUT2D eigenvalue weighted by atomic mass is 10.0. The molecule has 0 radical (unpaired) electrons. The molecular weight excluding hydrogens is 278 g/mol. The van der Waals surface area contributed by atoms with Crippen LogP contribution in [-0.4, -0.2) is 16.3 Å². The smallest absolute Gasteiger partial charge is 0.236 e. The third-order valence-electron chi connectivity index (χ3n) is 2.70. The summed E-state index contributed by atoms with van der Waals surface area (Å²) >= 11 is 3.36. The predicted octanol–water partition coefficient (Wildman–Crippen LogP) is 3.22. The number of carbonyl (C=O) groups is 1. The summed E-state index contributed by atoms with van der Waals surface area (Å²) in [5.74, 6) is 0.0265. The molecule has 3 heteroatoms. The van der Waals surface area contributed by atoms with Gasteiger partial charge in [0.05, 0.1) is 4.32 Å². The zero-order valence-corrected chi connectivity index (χ0v) is 12.5. The first kappa shape index (κ1) is 14.2. The maximum atomic E-state index is 11.8. The summed E-state index contributed by atoms with van der Waals surface area (Å²) in [6.07, 6.45) is 0.863. The molecular formula is C14H20BrNO. The predicted molar refractivity (Wildman–Crippen MR) is 75.5 cm³/mol. The molecule has 1 aromatic carbocycles. The lowest BCUT2D eigenvalue weighted by Gasteiger charge is -2.21. The van der Waals surface area contributed by atoms with Gasteiger partial charge in [0.15, 0.2) is 0 Å². The SMILES string of the molecule is Cc1ccccc1CC(C)NC(=O)C(C)(C)Br. The Kier molecular flexibility index (Phi) is 4.75. The van der Waals surface area contributed by atoms with E-state index in [0.717, 1.165) is 6.42 Å². The van der Waals surface area contributed by atoms with Crippen LogP contribution in [0.5, 0.6) is 0 Å². The van der Waals surface area contributed by atoms with E-state index in [2.05, 4.69) is 40.3 Å². The first-order valence-electron chi connectivity index (χ1n) is 5.85. The van der Waals surface area contributed by atoms with E-state index in [4.69, 9.17) is 0 Å². The van der Waals surface area contributed by atoms with Crippen LogP contribution < -0.4 is 5.32 Å². The second-order valence-corrected chi connectivity index (χ2v) is 6.96. The number of aryl methyl sites for hydroxylation is 1. The lowest BCUT2D eigenvalue weighted by Crippen LogP contribution is -2.43. The number of alkyl halides is 1. The number of amides is 1. The summed E-state index contributed by atoms with van der Waals surface area (Å²) in [6.45, 7) is 7.83. The van der Waals surface area contributed by atoms with Gasteiger partial charge >= 0.3 is 0 Å². The van der Waals surface area contributed by atoms with Crippen molar-refractivity contribution in [2.24, 2.45) is 0 Å². The molecule has 0 bridgehead atoms. The van der Waals surface area contributed by atoms with Crippen molar-refractivity contribution in [1.82, 2.24) is 5.32 Å². The summed E-state index contributed by atoms with van der Waals surface area (Å²) < 4.78 is -0.507. The molecule has 0 spiro atoms. The molecule has 1 unspecified atom stereocenters. The number of halogens is 1. The van der Waals surface area contributed by atoms with Crippen molar-refractivity contribution in [1.29, 1.82) is 0 Å². The Morgan fingerprint density at radius 1 is 1.41 bits per heavy atom. The van der Waals surface area contributed by atoms with Crippen LogP contribution in [0, 0.1) is 6.92 Å². The zero-order valence-electron chi connectivity index (χ0n) is 10.9. The summed E-state index contributed by atoms with van der Waals surface area (Å²) in [6, 6.07) is 8.41. The molecule has 1 amide bonds. The molecule has 1 atom stereocenters. The van der Waals surface area contributed by atoms with E-state index in [1.54, 1.807) is 0 Å². The van der Waals surface area contributed by atoms with Gasteiger partial charge < -0.3 is 5.32 Å². The van der Waals surface area contributed by atoms with Crippen LogP contribution in [0.25, 0.3) is 0 Å². The molecule has 0 saturated heterocycles. The van der Waals surface area contributed by atoms with E-state index in [9.17, 15) is 4.79 Å². The number of hydrogen-bond acceptors (Lipinski definition) is 1. The second-order valence-electron chi connectivity index (χ2n) is 4.98. The highest BCUT2D eigenvalue weighted by Crippen LogP contribution is 2.16. The van der Waals surface area contributed by atoms with Crippen LogP contribution in [0.15, 0.2) is 24.3 Å². The molecule has 1 rings (SSSR count). The van der Waals surface area contributed by atoms with E-state index in [0.29, 0.717) is 0 Å². The molecule has 2 nitrogen and oxygen atoms in total. The molecule has 0 aliphatic rings. The van der Waals surface area contributed by atoms with Crippen LogP contribution in [0.3, 0.4) is 0 Å². The lowest BCUT2D eigenvalue weighted by molar-refractivity contribution is -0.123. The Balaban J connectivity index is 2.59. The maximum absolute atomic E-state index is 11.8. The van der Waals surface area contributed by atoms with E-state index >= 15 is 0 Å². The Morgan fingerprint density at radius 3 is 2.53 bits per heavy atom. The molecule has 0 aliphatic carbocycles. The van der Waals surface area contributed by atoms with Crippen molar-refractivity contribution in [2.45, 2.75) is 44.5 Å². The molecule has 0 heterocycles. The standard InChI is InChI=1S/C14H20BrNO/c1-10-7-5-6-8-12(10)9-11(2)16-13(17)14(3,4)15/h5-8,11H,9H2,1-4H3,(H,16,17). The van der Waals surface area contributed by atoms with Crippen LogP contribution in [0.2, 0.25) is 0 Å². The van der Waals surface area contributed by atoms with Crippen molar-refractivity contribution in [3.05, 3.63) is 35.4 Å². The fraction of sp³-hybridized carbons (Fsp3) is 0.500. The number of hydrogen-bond donors (Lipinski definition) is 1. The summed E-state index contributed by atoms with van der Waals surface area (Å²) in [5, 5.41) is 3.01. The third-order valence-corrected chi connectivity index (χ3v) is 3.06. The van der Waals surface area contributed by atoms with E-state index < -0.39 is 4.32 Å². The van der Waals surface area contributed by atoms with Crippen molar-refractivity contribution in [3.63, 3.8) is 0 Å². The quantitative estimate of drug-likeness (QED) is 0.850. The van der Waals surface area contributed by atoms with Crippen molar-refractivity contribution in [2.75, 3.05) is 0 Å². The number of benzene rings is 1. The molecule has 17 heavy (non-hydrogen) atoms. The number of rotatable bonds is 4.